The quantitative estimate of drug-likeness (QED) is 0.515. The van der Waals surface area contributed by atoms with E-state index in [0.717, 1.165) is 0 Å². The van der Waals surface area contributed by atoms with Crippen molar-refractivity contribution < 1.29 is 28.7 Å². The molecule has 0 aromatic rings. The molecule has 0 unspecified atom stereocenters. The lowest BCUT2D eigenvalue weighted by atomic mass is 9.69. The molecule has 0 fully saturated rings. The predicted molar refractivity (Wildman–Crippen MR) is 126 cm³/mol. The van der Waals surface area contributed by atoms with Crippen LogP contribution in [-0.2, 0) is 28.7 Å². The molecule has 0 spiro atoms. The molecular formula is C27H36O6. The summed E-state index contributed by atoms with van der Waals surface area (Å²) < 4.78 is 10.7. The van der Waals surface area contributed by atoms with Crippen molar-refractivity contribution in [1.82, 2.24) is 0 Å². The number of rotatable bonds is 6. The number of esters is 2. The van der Waals surface area contributed by atoms with Gasteiger partial charge in [0.15, 0.2) is 11.6 Å². The van der Waals surface area contributed by atoms with E-state index in [4.69, 9.17) is 9.47 Å². The van der Waals surface area contributed by atoms with Crippen LogP contribution in [0.15, 0.2) is 46.6 Å². The van der Waals surface area contributed by atoms with Crippen molar-refractivity contribution in [2.45, 2.75) is 92.3 Å². The summed E-state index contributed by atoms with van der Waals surface area (Å²) in [5.74, 6) is -0.965. The molecule has 180 valence electrons. The van der Waals surface area contributed by atoms with Crippen LogP contribution in [0.25, 0.3) is 0 Å². The summed E-state index contributed by atoms with van der Waals surface area (Å²) in [5.41, 5.74) is 0.481. The number of hydrogen-bond donors (Lipinski definition) is 0. The summed E-state index contributed by atoms with van der Waals surface area (Å²) in [4.78, 5) is 50.1. The first-order valence-electron chi connectivity index (χ1n) is 11.3. The van der Waals surface area contributed by atoms with Crippen LogP contribution >= 0.6 is 0 Å². The molecule has 0 atom stereocenters. The Morgan fingerprint density at radius 2 is 1.00 bits per heavy atom. The molecule has 0 bridgehead atoms. The van der Waals surface area contributed by atoms with E-state index in [1.165, 1.54) is 0 Å². The smallest absolute Gasteiger partial charge is 0.310 e. The number of Topliss-reactive ketones (excluding diaryl/α,β-unsaturated/α-hetero) is 2. The van der Waals surface area contributed by atoms with Crippen LogP contribution in [0.2, 0.25) is 0 Å². The second-order valence-corrected chi connectivity index (χ2v) is 11.2. The fourth-order valence-electron chi connectivity index (χ4n) is 3.94. The molecule has 0 aromatic heterocycles. The third-order valence-corrected chi connectivity index (χ3v) is 5.28. The molecule has 2 rings (SSSR count). The van der Waals surface area contributed by atoms with E-state index in [-0.39, 0.29) is 49.2 Å². The van der Waals surface area contributed by atoms with Gasteiger partial charge >= 0.3 is 11.9 Å². The van der Waals surface area contributed by atoms with Gasteiger partial charge in [-0.2, -0.15) is 0 Å². The standard InChI is InChI=1S/C27H36O6/c1-25(2,3)32-23(30)15-17-9-11-19(21(28)13-17)27(7,8)20-12-10-18(14-22(20)29)16-24(31)33-26(4,5)6/h9-12H,13-16H2,1-8H3. The van der Waals surface area contributed by atoms with Gasteiger partial charge in [-0.1, -0.05) is 49.3 Å². The maximum atomic E-state index is 12.9. The number of ether oxygens (including phenoxy) is 2. The molecule has 0 saturated heterocycles. The fraction of sp³-hybridized carbons (Fsp3) is 0.556. The highest BCUT2D eigenvalue weighted by molar-refractivity contribution is 6.06. The first kappa shape index (κ1) is 26.5. The number of carbonyl (C=O) groups excluding carboxylic acids is 4. The zero-order valence-corrected chi connectivity index (χ0v) is 21.1. The molecule has 0 heterocycles. The summed E-state index contributed by atoms with van der Waals surface area (Å²) in [7, 11) is 0. The number of hydrogen-bond acceptors (Lipinski definition) is 6. The predicted octanol–water partition coefficient (Wildman–Crippen LogP) is 5.13. The minimum Gasteiger partial charge on any atom is -0.460 e. The van der Waals surface area contributed by atoms with Gasteiger partial charge in [-0.05, 0) is 41.5 Å². The highest BCUT2D eigenvalue weighted by Crippen LogP contribution is 2.41. The Morgan fingerprint density at radius 3 is 1.27 bits per heavy atom. The first-order chi connectivity index (χ1) is 15.0. The lowest BCUT2D eigenvalue weighted by molar-refractivity contribution is -0.155. The average Bonchev–Trinajstić information content (AvgIpc) is 2.57. The van der Waals surface area contributed by atoms with Crippen LogP contribution in [0.5, 0.6) is 0 Å². The molecule has 6 nitrogen and oxygen atoms in total. The van der Waals surface area contributed by atoms with Gasteiger partial charge in [0, 0.05) is 29.4 Å². The fourth-order valence-corrected chi connectivity index (χ4v) is 3.94. The Balaban J connectivity index is 2.18. The van der Waals surface area contributed by atoms with E-state index in [9.17, 15) is 19.2 Å². The summed E-state index contributed by atoms with van der Waals surface area (Å²) in [6.07, 6.45) is 7.34. The van der Waals surface area contributed by atoms with E-state index >= 15 is 0 Å². The maximum absolute atomic E-state index is 12.9. The van der Waals surface area contributed by atoms with Crippen molar-refractivity contribution in [1.29, 1.82) is 0 Å². The Labute approximate surface area is 196 Å². The minimum atomic E-state index is -0.796. The molecular weight excluding hydrogens is 420 g/mol. The molecule has 0 aromatic carbocycles. The Morgan fingerprint density at radius 1 is 0.667 bits per heavy atom. The van der Waals surface area contributed by atoms with Crippen molar-refractivity contribution >= 4 is 23.5 Å². The SMILES string of the molecule is CC(C)(C)OC(=O)CC1=CC=C(C(C)(C)C2=CC=C(CC(=O)OC(C)(C)C)CC2=O)C(=O)C1. The van der Waals surface area contributed by atoms with E-state index in [1.807, 2.05) is 13.8 Å². The monoisotopic (exact) mass is 456 g/mol. The van der Waals surface area contributed by atoms with Crippen molar-refractivity contribution in [2.75, 3.05) is 0 Å². The molecule has 0 saturated carbocycles. The second-order valence-electron chi connectivity index (χ2n) is 11.2. The van der Waals surface area contributed by atoms with E-state index in [2.05, 4.69) is 0 Å². The molecule has 2 aliphatic carbocycles. The maximum Gasteiger partial charge on any atom is 0.310 e. The summed E-state index contributed by atoms with van der Waals surface area (Å²) >= 11 is 0. The van der Waals surface area contributed by atoms with Crippen LogP contribution < -0.4 is 0 Å². The third-order valence-electron chi connectivity index (χ3n) is 5.28. The van der Waals surface area contributed by atoms with Gasteiger partial charge in [-0.25, -0.2) is 0 Å². The Hall–Kier alpha value is -2.76. The zero-order valence-electron chi connectivity index (χ0n) is 21.1. The van der Waals surface area contributed by atoms with Crippen LogP contribution in [0.4, 0.5) is 0 Å². The highest BCUT2D eigenvalue weighted by atomic mass is 16.6. The van der Waals surface area contributed by atoms with Crippen molar-refractivity contribution in [3.8, 4) is 0 Å². The van der Waals surface area contributed by atoms with Gasteiger partial charge in [0.25, 0.3) is 0 Å². The molecule has 2 aliphatic rings. The third kappa shape index (κ3) is 7.65. The van der Waals surface area contributed by atoms with Crippen molar-refractivity contribution in [2.24, 2.45) is 5.41 Å². The summed E-state index contributed by atoms with van der Waals surface area (Å²) in [5, 5.41) is 0. The van der Waals surface area contributed by atoms with E-state index in [0.29, 0.717) is 22.3 Å². The van der Waals surface area contributed by atoms with Crippen LogP contribution in [0.1, 0.15) is 81.1 Å². The van der Waals surface area contributed by atoms with Gasteiger partial charge in [0.05, 0.1) is 12.8 Å². The molecule has 6 heteroatoms. The number of carbonyl (C=O) groups is 4. The molecule has 0 N–H and O–H groups in total. The lowest BCUT2D eigenvalue weighted by Crippen LogP contribution is -2.31. The number of ketones is 2. The van der Waals surface area contributed by atoms with E-state index in [1.54, 1.807) is 65.8 Å². The van der Waals surface area contributed by atoms with Gasteiger partial charge in [0.2, 0.25) is 0 Å². The van der Waals surface area contributed by atoms with E-state index < -0.39 is 16.6 Å². The molecule has 0 radical (unpaired) electrons. The highest BCUT2D eigenvalue weighted by Gasteiger charge is 2.38. The van der Waals surface area contributed by atoms with Gasteiger partial charge in [-0.15, -0.1) is 0 Å². The van der Waals surface area contributed by atoms with Crippen LogP contribution in [-0.4, -0.2) is 34.7 Å². The van der Waals surface area contributed by atoms with Gasteiger partial charge in [0.1, 0.15) is 11.2 Å². The second kappa shape index (κ2) is 9.62. The minimum absolute atomic E-state index is 0.0611. The average molecular weight is 457 g/mol. The Kier molecular flexibility index (Phi) is 7.72. The molecule has 0 aliphatic heterocycles. The normalized spacial score (nSPS) is 17.6. The number of allylic oxidation sites excluding steroid dienone is 6. The van der Waals surface area contributed by atoms with Crippen molar-refractivity contribution in [3.63, 3.8) is 0 Å². The first-order valence-corrected chi connectivity index (χ1v) is 11.3. The topological polar surface area (TPSA) is 86.7 Å². The largest absolute Gasteiger partial charge is 0.460 e. The molecule has 0 amide bonds. The molecule has 33 heavy (non-hydrogen) atoms. The van der Waals surface area contributed by atoms with Crippen molar-refractivity contribution in [3.05, 3.63) is 46.6 Å². The van der Waals surface area contributed by atoms with Crippen LogP contribution in [0.3, 0.4) is 0 Å². The zero-order chi connectivity index (χ0) is 25.2. The summed E-state index contributed by atoms with van der Waals surface area (Å²) in [6, 6.07) is 0. The summed E-state index contributed by atoms with van der Waals surface area (Å²) in [6.45, 7) is 14.5. The van der Waals surface area contributed by atoms with Gasteiger partial charge in [-0.3, -0.25) is 19.2 Å². The Bertz CT molecular complexity index is 893. The van der Waals surface area contributed by atoms with Gasteiger partial charge < -0.3 is 9.47 Å². The van der Waals surface area contributed by atoms with Crippen LogP contribution in [0, 0.1) is 5.41 Å². The lowest BCUT2D eigenvalue weighted by Gasteiger charge is -2.32.